The number of aliphatic hydroxyl groups is 1. The Labute approximate surface area is 172 Å². The Balaban J connectivity index is 1.90. The lowest BCUT2D eigenvalue weighted by Crippen LogP contribution is -2.57. The number of hydrogen-bond donors (Lipinski definition) is 1. The average molecular weight is 409 g/mol. The summed E-state index contributed by atoms with van der Waals surface area (Å²) < 4.78 is 28.1. The molecule has 0 unspecified atom stereocenters. The van der Waals surface area contributed by atoms with E-state index >= 15 is 0 Å². The second kappa shape index (κ2) is 7.62. The smallest absolute Gasteiger partial charge is 0.227 e. The molecule has 2 aliphatic heterocycles. The molecule has 29 heavy (non-hydrogen) atoms. The van der Waals surface area contributed by atoms with Crippen LogP contribution in [0.2, 0.25) is 0 Å². The zero-order chi connectivity index (χ0) is 21.7. The van der Waals surface area contributed by atoms with Crippen molar-refractivity contribution in [2.75, 3.05) is 26.2 Å². The Kier molecular flexibility index (Phi) is 5.82. The van der Waals surface area contributed by atoms with E-state index in [1.165, 1.54) is 12.1 Å². The predicted octanol–water partition coefficient (Wildman–Crippen LogP) is 3.64. The summed E-state index contributed by atoms with van der Waals surface area (Å²) in [6.07, 6.45) is 0. The van der Waals surface area contributed by atoms with E-state index in [1.807, 2.05) is 25.7 Å². The second-order valence-corrected chi connectivity index (χ2v) is 10.2. The number of nitrogens with zero attached hydrogens (tertiary/aromatic N) is 2. The average Bonchev–Trinajstić information content (AvgIpc) is 3.04. The van der Waals surface area contributed by atoms with E-state index in [4.69, 9.17) is 0 Å². The molecule has 2 heterocycles. The summed E-state index contributed by atoms with van der Waals surface area (Å²) in [4.78, 5) is 17.6. The highest BCUT2D eigenvalue weighted by molar-refractivity contribution is 5.81. The number of rotatable bonds is 2. The van der Waals surface area contributed by atoms with Crippen molar-refractivity contribution in [1.82, 2.24) is 9.80 Å². The molecule has 1 N–H and O–H groups in total. The molecule has 3 rings (SSSR count). The molecule has 1 aromatic rings. The molecule has 0 bridgehead atoms. The number of likely N-dealkylation sites (tertiary alicyclic amines) is 2. The Bertz CT molecular complexity index is 761. The minimum absolute atomic E-state index is 0.000301. The van der Waals surface area contributed by atoms with Crippen LogP contribution in [0.15, 0.2) is 18.2 Å². The number of carbonyl (C=O) groups is 1. The molecular formula is C23H34F2N2O2. The lowest BCUT2D eigenvalue weighted by Gasteiger charge is -2.46. The molecule has 4 nitrogen and oxygen atoms in total. The summed E-state index contributed by atoms with van der Waals surface area (Å²) in [6.45, 7) is 14.1. The highest BCUT2D eigenvalue weighted by Gasteiger charge is 2.47. The van der Waals surface area contributed by atoms with Gasteiger partial charge in [0.2, 0.25) is 5.91 Å². The first kappa shape index (κ1) is 22.2. The summed E-state index contributed by atoms with van der Waals surface area (Å²) in [5.41, 5.74) is -0.566. The summed E-state index contributed by atoms with van der Waals surface area (Å²) in [5.74, 6) is -2.01. The van der Waals surface area contributed by atoms with E-state index in [1.54, 1.807) is 0 Å². The molecular weight excluding hydrogens is 374 g/mol. The van der Waals surface area contributed by atoms with Crippen molar-refractivity contribution in [3.8, 4) is 0 Å². The second-order valence-electron chi connectivity index (χ2n) is 10.2. The van der Waals surface area contributed by atoms with Gasteiger partial charge in [-0.25, -0.2) is 8.78 Å². The zero-order valence-corrected chi connectivity index (χ0v) is 18.4. The van der Waals surface area contributed by atoms with Gasteiger partial charge in [0.1, 0.15) is 11.6 Å². The van der Waals surface area contributed by atoms with E-state index < -0.39 is 23.2 Å². The van der Waals surface area contributed by atoms with Crippen molar-refractivity contribution >= 4 is 5.91 Å². The zero-order valence-electron chi connectivity index (χ0n) is 18.4. The number of carbonyl (C=O) groups excluding carboxylic acids is 1. The first-order valence-electron chi connectivity index (χ1n) is 10.5. The highest BCUT2D eigenvalue weighted by Crippen LogP contribution is 2.40. The molecule has 0 radical (unpaired) electrons. The third-order valence-corrected chi connectivity index (χ3v) is 7.24. The fourth-order valence-corrected chi connectivity index (χ4v) is 4.72. The van der Waals surface area contributed by atoms with Gasteiger partial charge < -0.3 is 10.0 Å². The van der Waals surface area contributed by atoms with Gasteiger partial charge in [0.25, 0.3) is 0 Å². The summed E-state index contributed by atoms with van der Waals surface area (Å²) in [7, 11) is 0. The molecule has 162 valence electrons. The number of hydrogen-bond acceptors (Lipinski definition) is 3. The van der Waals surface area contributed by atoms with Gasteiger partial charge in [-0.05, 0) is 39.3 Å². The Morgan fingerprint density at radius 3 is 2.21 bits per heavy atom. The SMILES string of the molecule is C[C@@H]1CN(C(=O)[C@@H]2CN(C(C)(C)C)C[C@H]2c2ccc(F)cc2F)C[C@H](C)[C@]1(C)O. The fourth-order valence-electron chi connectivity index (χ4n) is 4.72. The van der Waals surface area contributed by atoms with Crippen LogP contribution < -0.4 is 0 Å². The van der Waals surface area contributed by atoms with Crippen LogP contribution >= 0.6 is 0 Å². The molecule has 1 amide bonds. The largest absolute Gasteiger partial charge is 0.389 e. The molecule has 0 saturated carbocycles. The molecule has 2 saturated heterocycles. The third-order valence-electron chi connectivity index (χ3n) is 7.24. The van der Waals surface area contributed by atoms with Crippen molar-refractivity contribution < 1.29 is 18.7 Å². The number of benzene rings is 1. The maximum absolute atomic E-state index is 14.6. The number of halogens is 2. The molecule has 1 aromatic carbocycles. The normalized spacial score (nSPS) is 33.9. The van der Waals surface area contributed by atoms with Crippen LogP contribution in [0.25, 0.3) is 0 Å². The van der Waals surface area contributed by atoms with Crippen LogP contribution in [-0.4, -0.2) is 58.1 Å². The third kappa shape index (κ3) is 4.19. The van der Waals surface area contributed by atoms with Gasteiger partial charge in [-0.3, -0.25) is 9.69 Å². The summed E-state index contributed by atoms with van der Waals surface area (Å²) in [5, 5.41) is 10.7. The van der Waals surface area contributed by atoms with E-state index in [9.17, 15) is 18.7 Å². The van der Waals surface area contributed by atoms with Crippen LogP contribution in [0.4, 0.5) is 8.78 Å². The first-order chi connectivity index (χ1) is 13.3. The van der Waals surface area contributed by atoms with Gasteiger partial charge in [-0.1, -0.05) is 19.9 Å². The van der Waals surface area contributed by atoms with Crippen LogP contribution in [-0.2, 0) is 4.79 Å². The molecule has 0 aliphatic carbocycles. The molecule has 2 aliphatic rings. The van der Waals surface area contributed by atoms with Gasteiger partial charge in [-0.2, -0.15) is 0 Å². The van der Waals surface area contributed by atoms with E-state index in [0.29, 0.717) is 31.7 Å². The van der Waals surface area contributed by atoms with Crippen LogP contribution in [0.1, 0.15) is 53.0 Å². The fraction of sp³-hybridized carbons (Fsp3) is 0.696. The van der Waals surface area contributed by atoms with E-state index in [0.717, 1.165) is 6.07 Å². The van der Waals surface area contributed by atoms with Gasteiger partial charge >= 0.3 is 0 Å². The first-order valence-corrected chi connectivity index (χ1v) is 10.5. The minimum Gasteiger partial charge on any atom is -0.389 e. The van der Waals surface area contributed by atoms with Crippen molar-refractivity contribution in [3.05, 3.63) is 35.4 Å². The van der Waals surface area contributed by atoms with Gasteiger partial charge in [-0.15, -0.1) is 0 Å². The lowest BCUT2D eigenvalue weighted by atomic mass is 9.76. The monoisotopic (exact) mass is 408 g/mol. The van der Waals surface area contributed by atoms with Gasteiger partial charge in [0, 0.05) is 55.5 Å². The molecule has 0 aromatic heterocycles. The van der Waals surface area contributed by atoms with E-state index in [2.05, 4.69) is 25.7 Å². The van der Waals surface area contributed by atoms with Gasteiger partial charge in [0.15, 0.2) is 0 Å². The quantitative estimate of drug-likeness (QED) is 0.813. The Morgan fingerprint density at radius 1 is 1.10 bits per heavy atom. The molecule has 0 spiro atoms. The number of amides is 1. The van der Waals surface area contributed by atoms with Crippen LogP contribution in [0.3, 0.4) is 0 Å². The Hall–Kier alpha value is -1.53. The Morgan fingerprint density at radius 2 is 1.69 bits per heavy atom. The van der Waals surface area contributed by atoms with Crippen molar-refractivity contribution in [2.24, 2.45) is 17.8 Å². The van der Waals surface area contributed by atoms with Crippen molar-refractivity contribution in [3.63, 3.8) is 0 Å². The maximum atomic E-state index is 14.6. The summed E-state index contributed by atoms with van der Waals surface area (Å²) >= 11 is 0. The van der Waals surface area contributed by atoms with Gasteiger partial charge in [0.05, 0.1) is 11.5 Å². The molecule has 5 atom stereocenters. The maximum Gasteiger partial charge on any atom is 0.227 e. The molecule has 2 fully saturated rings. The number of piperidine rings is 1. The van der Waals surface area contributed by atoms with Crippen LogP contribution in [0.5, 0.6) is 0 Å². The topological polar surface area (TPSA) is 43.8 Å². The summed E-state index contributed by atoms with van der Waals surface area (Å²) in [6, 6.07) is 3.65. The highest BCUT2D eigenvalue weighted by atomic mass is 19.1. The predicted molar refractivity (Wildman–Crippen MR) is 109 cm³/mol. The van der Waals surface area contributed by atoms with Crippen LogP contribution in [0, 0.1) is 29.4 Å². The molecule has 6 heteroatoms. The standard InChI is InChI=1S/C23H34F2N2O2/c1-14-10-26(11-15(2)23(14,6)29)21(28)19-13-27(22(3,4)5)12-18(19)17-8-7-16(24)9-20(17)25/h7-9,14-15,18-19,29H,10-13H2,1-6H3/t14-,15+,18-,19+,23-/m0/s1. The lowest BCUT2D eigenvalue weighted by molar-refractivity contribution is -0.148. The van der Waals surface area contributed by atoms with Crippen molar-refractivity contribution in [2.45, 2.75) is 58.6 Å². The minimum atomic E-state index is -0.813. The van der Waals surface area contributed by atoms with Crippen molar-refractivity contribution in [1.29, 1.82) is 0 Å². The van der Waals surface area contributed by atoms with E-state index in [-0.39, 0.29) is 29.2 Å².